The van der Waals surface area contributed by atoms with Gasteiger partial charge in [0.15, 0.2) is 0 Å². The molecule has 1 aromatic heterocycles. The number of hydrogen-bond donors (Lipinski definition) is 6. The number of anilines is 1. The Balaban J connectivity index is 1.82. The molecular weight excluding hydrogens is 662 g/mol. The number of rotatable bonds is 23. The highest BCUT2D eigenvalue weighted by Crippen LogP contribution is 2.13. The van der Waals surface area contributed by atoms with Crippen LogP contribution in [0.3, 0.4) is 0 Å². The van der Waals surface area contributed by atoms with Crippen LogP contribution in [0.2, 0.25) is 0 Å². The zero-order valence-electron chi connectivity index (χ0n) is 30.5. The summed E-state index contributed by atoms with van der Waals surface area (Å²) in [4.78, 5) is 62.2. The average Bonchev–Trinajstić information content (AvgIpc) is 3.56. The monoisotopic (exact) mass is 717 g/mol. The minimum absolute atomic E-state index is 0.0989. The third-order valence-corrected chi connectivity index (χ3v) is 7.43. The molecule has 0 aliphatic carbocycles. The van der Waals surface area contributed by atoms with Crippen molar-refractivity contribution in [3.63, 3.8) is 0 Å². The smallest absolute Gasteiger partial charge is 0.315 e. The Labute approximate surface area is 299 Å². The molecule has 2 atom stereocenters. The van der Waals surface area contributed by atoms with E-state index in [0.29, 0.717) is 44.4 Å². The third kappa shape index (κ3) is 17.1. The van der Waals surface area contributed by atoms with Crippen LogP contribution in [0.25, 0.3) is 0 Å². The van der Waals surface area contributed by atoms with Crippen molar-refractivity contribution in [2.75, 3.05) is 44.8 Å². The van der Waals surface area contributed by atoms with Crippen molar-refractivity contribution in [1.29, 1.82) is 0 Å². The molecule has 17 heteroatoms. The molecular formula is C34H55N9O8. The summed E-state index contributed by atoms with van der Waals surface area (Å²) in [7, 11) is 0. The molecule has 0 radical (unpaired) electrons. The molecule has 0 bridgehead atoms. The lowest BCUT2D eigenvalue weighted by molar-refractivity contribution is -0.148. The van der Waals surface area contributed by atoms with Crippen molar-refractivity contribution in [3.05, 3.63) is 41.7 Å². The number of nitrogens with one attached hydrogen (secondary N) is 5. The molecule has 0 aliphatic heterocycles. The molecule has 2 rings (SSSR count). The van der Waals surface area contributed by atoms with Gasteiger partial charge >= 0.3 is 18.0 Å². The van der Waals surface area contributed by atoms with Crippen LogP contribution in [0, 0.1) is 11.8 Å². The second kappa shape index (κ2) is 22.8. The Morgan fingerprint density at radius 1 is 0.843 bits per heavy atom. The van der Waals surface area contributed by atoms with Crippen molar-refractivity contribution >= 4 is 35.5 Å². The number of carbonyl (C=O) groups excluding carboxylic acids is 5. The highest BCUT2D eigenvalue weighted by atomic mass is 16.5. The van der Waals surface area contributed by atoms with Crippen LogP contribution in [0.1, 0.15) is 71.6 Å². The first-order chi connectivity index (χ1) is 24.3. The highest BCUT2D eigenvalue weighted by Gasteiger charge is 2.29. The number of ether oxygens (including phenoxy) is 3. The molecule has 1 aromatic carbocycles. The standard InChI is InChI=1S/C34H55N9O8/c1-22(2)28-20-43(42-41-28)15-17-50-19-18-49-16-14-37-34(48)40-29(23(3)4)31(45)39-27(8-7-13-36-33(35)47)30(44)38-26-11-9-25(10-12-26)21-51-32(46)24(5)6/h9-12,20,22-24,27,29H,7-8,13-19,21H2,1-6H3,(H,38,44)(H,39,45)(H3,35,36,47)(H2,37,40,48)/t27-,29-/m0/s1. The lowest BCUT2D eigenvalue weighted by Crippen LogP contribution is -2.56. The Morgan fingerprint density at radius 3 is 2.14 bits per heavy atom. The van der Waals surface area contributed by atoms with Crippen molar-refractivity contribution < 1.29 is 38.2 Å². The normalized spacial score (nSPS) is 12.3. The summed E-state index contributed by atoms with van der Waals surface area (Å²) in [6.45, 7) is 13.6. The molecule has 284 valence electrons. The van der Waals surface area contributed by atoms with E-state index in [-0.39, 0.29) is 50.5 Å². The number of urea groups is 2. The van der Waals surface area contributed by atoms with E-state index < -0.39 is 36.0 Å². The fourth-order valence-corrected chi connectivity index (χ4v) is 4.41. The second-order valence-corrected chi connectivity index (χ2v) is 12.9. The summed E-state index contributed by atoms with van der Waals surface area (Å²) in [6, 6.07) is 3.54. The van der Waals surface area contributed by atoms with E-state index in [1.165, 1.54) is 0 Å². The molecule has 0 aliphatic rings. The summed E-state index contributed by atoms with van der Waals surface area (Å²) >= 11 is 0. The fraction of sp³-hybridized carbons (Fsp3) is 0.618. The van der Waals surface area contributed by atoms with Gasteiger partial charge in [-0.15, -0.1) is 5.10 Å². The minimum Gasteiger partial charge on any atom is -0.461 e. The maximum absolute atomic E-state index is 13.4. The van der Waals surface area contributed by atoms with Crippen molar-refractivity contribution in [2.45, 2.75) is 85.5 Å². The molecule has 2 aromatic rings. The van der Waals surface area contributed by atoms with Gasteiger partial charge < -0.3 is 46.5 Å². The van der Waals surface area contributed by atoms with Gasteiger partial charge in [0.2, 0.25) is 11.8 Å². The topological polar surface area (TPSA) is 230 Å². The van der Waals surface area contributed by atoms with Gasteiger partial charge in [-0.1, -0.05) is 58.9 Å². The Bertz CT molecular complexity index is 1380. The van der Waals surface area contributed by atoms with Gasteiger partial charge in [-0.2, -0.15) is 0 Å². The average molecular weight is 718 g/mol. The van der Waals surface area contributed by atoms with Gasteiger partial charge in [0.05, 0.1) is 44.6 Å². The molecule has 0 saturated carbocycles. The van der Waals surface area contributed by atoms with E-state index in [4.69, 9.17) is 19.9 Å². The molecule has 51 heavy (non-hydrogen) atoms. The number of carbonyl (C=O) groups is 5. The summed E-state index contributed by atoms with van der Waals surface area (Å²) < 4.78 is 18.1. The largest absolute Gasteiger partial charge is 0.461 e. The third-order valence-electron chi connectivity index (χ3n) is 7.43. The Morgan fingerprint density at radius 2 is 1.53 bits per heavy atom. The minimum atomic E-state index is -0.991. The van der Waals surface area contributed by atoms with Crippen LogP contribution in [0.15, 0.2) is 30.5 Å². The first-order valence-electron chi connectivity index (χ1n) is 17.3. The van der Waals surface area contributed by atoms with Crippen molar-refractivity contribution in [2.24, 2.45) is 17.6 Å². The van der Waals surface area contributed by atoms with Crippen molar-refractivity contribution in [1.82, 2.24) is 36.3 Å². The van der Waals surface area contributed by atoms with Gasteiger partial charge in [-0.05, 0) is 42.4 Å². The number of esters is 1. The number of aromatic nitrogens is 3. The van der Waals surface area contributed by atoms with Crippen LogP contribution in [-0.4, -0.2) is 96.4 Å². The molecule has 6 amide bonds. The number of amides is 6. The van der Waals surface area contributed by atoms with E-state index in [1.54, 1.807) is 56.6 Å². The zero-order valence-corrected chi connectivity index (χ0v) is 30.5. The summed E-state index contributed by atoms with van der Waals surface area (Å²) in [5.41, 5.74) is 7.28. The lowest BCUT2D eigenvalue weighted by Gasteiger charge is -2.25. The van der Waals surface area contributed by atoms with Crippen molar-refractivity contribution in [3.8, 4) is 0 Å². The SMILES string of the molecule is CC(C)C(=O)OCc1ccc(NC(=O)[C@H](CCCNC(N)=O)NC(=O)[C@@H](NC(=O)NCCOCCOCCn2cc(C(C)C)nn2)C(C)C)cc1. The molecule has 0 spiro atoms. The van der Waals surface area contributed by atoms with Gasteiger partial charge in [-0.25, -0.2) is 14.3 Å². The number of hydrogen-bond acceptors (Lipinski definition) is 10. The zero-order chi connectivity index (χ0) is 37.8. The summed E-state index contributed by atoms with van der Waals surface area (Å²) in [6.07, 6.45) is 2.42. The van der Waals surface area contributed by atoms with E-state index in [1.807, 2.05) is 6.20 Å². The number of nitrogens with zero attached hydrogens (tertiary/aromatic N) is 3. The van der Waals surface area contributed by atoms with Gasteiger partial charge in [0.1, 0.15) is 18.7 Å². The summed E-state index contributed by atoms with van der Waals surface area (Å²) in [5, 5.41) is 21.5. The first kappa shape index (κ1) is 42.4. The predicted molar refractivity (Wildman–Crippen MR) is 189 cm³/mol. The van der Waals surface area contributed by atoms with E-state index >= 15 is 0 Å². The van der Waals surface area contributed by atoms with Gasteiger partial charge in [0.25, 0.3) is 0 Å². The molecule has 17 nitrogen and oxygen atoms in total. The maximum Gasteiger partial charge on any atom is 0.315 e. The highest BCUT2D eigenvalue weighted by molar-refractivity contribution is 5.98. The Kier molecular flexibility index (Phi) is 19.0. The quantitative estimate of drug-likeness (QED) is 0.0724. The molecule has 1 heterocycles. The molecule has 0 fully saturated rings. The molecule has 7 N–H and O–H groups in total. The lowest BCUT2D eigenvalue weighted by atomic mass is 10.0. The first-order valence-corrected chi connectivity index (χ1v) is 17.3. The predicted octanol–water partition coefficient (Wildman–Crippen LogP) is 2.03. The van der Waals surface area contributed by atoms with Gasteiger partial charge in [-0.3, -0.25) is 14.4 Å². The van der Waals surface area contributed by atoms with E-state index in [9.17, 15) is 24.0 Å². The number of benzene rings is 1. The van der Waals surface area contributed by atoms with Crippen LogP contribution < -0.4 is 32.3 Å². The number of primary amides is 1. The fourth-order valence-electron chi connectivity index (χ4n) is 4.41. The van der Waals surface area contributed by atoms with E-state index in [2.05, 4.69) is 50.7 Å². The van der Waals surface area contributed by atoms with E-state index in [0.717, 1.165) is 11.3 Å². The van der Waals surface area contributed by atoms with Crippen LogP contribution in [0.4, 0.5) is 15.3 Å². The number of nitrogens with two attached hydrogens (primary N) is 1. The second-order valence-electron chi connectivity index (χ2n) is 12.9. The maximum atomic E-state index is 13.4. The summed E-state index contributed by atoms with van der Waals surface area (Å²) in [5.74, 6) is -1.60. The van der Waals surface area contributed by atoms with Crippen LogP contribution in [0.5, 0.6) is 0 Å². The molecule has 0 saturated heterocycles. The van der Waals surface area contributed by atoms with Gasteiger partial charge in [0, 0.05) is 25.0 Å². The van der Waals surface area contributed by atoms with Crippen LogP contribution in [-0.2, 0) is 41.7 Å². The Hall–Kier alpha value is -4.77. The van der Waals surface area contributed by atoms with Crippen LogP contribution >= 0.6 is 0 Å². The molecule has 0 unspecified atom stereocenters.